The van der Waals surface area contributed by atoms with Crippen molar-refractivity contribution in [2.75, 3.05) is 19.0 Å². The third-order valence-electron chi connectivity index (χ3n) is 7.76. The molecule has 202 valence electrons. The Balaban J connectivity index is 1.53. The van der Waals surface area contributed by atoms with E-state index in [-0.39, 0.29) is 20.5 Å². The number of nitrogens with zero attached hydrogens (tertiary/aromatic N) is 3. The summed E-state index contributed by atoms with van der Waals surface area (Å²) in [5.74, 6) is 0.694. The van der Waals surface area contributed by atoms with E-state index in [1.54, 1.807) is 0 Å². The molecule has 2 aromatic carbocycles. The molecule has 5 rings (SSSR count). The van der Waals surface area contributed by atoms with Gasteiger partial charge in [-0.1, -0.05) is 0 Å². The van der Waals surface area contributed by atoms with E-state index in [4.69, 9.17) is 14.7 Å². The van der Waals surface area contributed by atoms with Gasteiger partial charge in [-0.15, -0.1) is 0 Å². The van der Waals surface area contributed by atoms with Gasteiger partial charge in [0.1, 0.15) is 0 Å². The molecular weight excluding hydrogens is 539 g/mol. The minimum atomic E-state index is -0.322. The molecule has 2 heterocycles. The summed E-state index contributed by atoms with van der Waals surface area (Å²) in [6.45, 7) is 3.25. The standard InChI is InChI=1S/C31H40N4O2Se/c1-3-4-5-9-12-20-32-31-34-25-17-13-16-24(28(25)38-31)29-33-26-21-22(30(36)37-2)18-19-27(26)35(29)23-14-10-7-6-8-11-15-23/h13,16-19,21,23H,3-12,14-15,20H2,1-2H3,(H,32,34). The number of hydrogen-bond acceptors (Lipinski definition) is 5. The molecule has 0 spiro atoms. The topological polar surface area (TPSA) is 69.0 Å². The Morgan fingerprint density at radius 1 is 1.00 bits per heavy atom. The van der Waals surface area contributed by atoms with Crippen molar-refractivity contribution >= 4 is 46.0 Å². The van der Waals surface area contributed by atoms with E-state index >= 15 is 0 Å². The molecule has 0 bridgehead atoms. The summed E-state index contributed by atoms with van der Waals surface area (Å²) in [6.07, 6.45) is 15.1. The molecule has 6 nitrogen and oxygen atoms in total. The van der Waals surface area contributed by atoms with Crippen LogP contribution >= 0.6 is 0 Å². The van der Waals surface area contributed by atoms with Crippen LogP contribution in [0.4, 0.5) is 4.69 Å². The van der Waals surface area contributed by atoms with Crippen molar-refractivity contribution in [3.05, 3.63) is 42.0 Å². The molecule has 1 aliphatic rings. The second kappa shape index (κ2) is 12.9. The second-order valence-electron chi connectivity index (χ2n) is 10.5. The van der Waals surface area contributed by atoms with Crippen molar-refractivity contribution in [2.24, 2.45) is 0 Å². The Bertz CT molecular complexity index is 1370. The van der Waals surface area contributed by atoms with Crippen LogP contribution in [0.1, 0.15) is 100 Å². The van der Waals surface area contributed by atoms with Gasteiger partial charge in [-0.25, -0.2) is 0 Å². The van der Waals surface area contributed by atoms with Gasteiger partial charge in [0.25, 0.3) is 0 Å². The predicted octanol–water partition coefficient (Wildman–Crippen LogP) is 7.76. The number of carbonyl (C=O) groups excluding carboxylic acids is 1. The zero-order valence-corrected chi connectivity index (χ0v) is 24.5. The van der Waals surface area contributed by atoms with Crippen LogP contribution in [0.3, 0.4) is 0 Å². The van der Waals surface area contributed by atoms with Gasteiger partial charge in [0, 0.05) is 0 Å². The SMILES string of the molecule is CCCCCCCNc1nc2cccc(-c3nc4cc(C(=O)OC)ccc4n3C3CCCCCCC3)c2[se]1. The minimum absolute atomic E-state index is 0.121. The van der Waals surface area contributed by atoms with Gasteiger partial charge in [0.05, 0.1) is 0 Å². The molecule has 1 aliphatic carbocycles. The molecular formula is C31H40N4O2Se. The van der Waals surface area contributed by atoms with Gasteiger partial charge < -0.3 is 0 Å². The number of unbranched alkanes of at least 4 members (excludes halogenated alkanes) is 4. The fraction of sp³-hybridized carbons (Fsp3) is 0.516. The number of aromatic nitrogens is 3. The predicted molar refractivity (Wildman–Crippen MR) is 157 cm³/mol. The van der Waals surface area contributed by atoms with Gasteiger partial charge in [-0.3, -0.25) is 0 Å². The van der Waals surface area contributed by atoms with Gasteiger partial charge in [-0.2, -0.15) is 0 Å². The molecule has 0 atom stereocenters. The first-order valence-electron chi connectivity index (χ1n) is 14.4. The Morgan fingerprint density at radius 3 is 2.58 bits per heavy atom. The zero-order chi connectivity index (χ0) is 26.3. The number of rotatable bonds is 10. The quantitative estimate of drug-likeness (QED) is 0.118. The summed E-state index contributed by atoms with van der Waals surface area (Å²) < 4.78 is 9.90. The first-order chi connectivity index (χ1) is 18.7. The van der Waals surface area contributed by atoms with Crippen molar-refractivity contribution in [1.82, 2.24) is 14.5 Å². The molecule has 0 amide bonds. The monoisotopic (exact) mass is 580 g/mol. The van der Waals surface area contributed by atoms with E-state index in [1.807, 2.05) is 12.1 Å². The molecule has 1 N–H and O–H groups in total. The summed E-state index contributed by atoms with van der Waals surface area (Å²) in [6, 6.07) is 12.7. The third kappa shape index (κ3) is 5.99. The fourth-order valence-electron chi connectivity index (χ4n) is 5.72. The molecule has 0 aliphatic heterocycles. The van der Waals surface area contributed by atoms with Crippen LogP contribution in [-0.4, -0.2) is 48.7 Å². The van der Waals surface area contributed by atoms with Crippen molar-refractivity contribution in [1.29, 1.82) is 0 Å². The van der Waals surface area contributed by atoms with Gasteiger partial charge in [0.2, 0.25) is 0 Å². The van der Waals surface area contributed by atoms with Crippen LogP contribution in [0.2, 0.25) is 0 Å². The van der Waals surface area contributed by atoms with Crippen LogP contribution in [0.15, 0.2) is 36.4 Å². The number of anilines is 1. The molecule has 0 unspecified atom stereocenters. The average Bonchev–Trinajstić information content (AvgIpc) is 3.51. The molecule has 1 fully saturated rings. The number of ether oxygens (including phenoxy) is 1. The van der Waals surface area contributed by atoms with E-state index in [0.717, 1.165) is 33.6 Å². The number of hydrogen-bond donors (Lipinski definition) is 1. The second-order valence-corrected chi connectivity index (χ2v) is 12.6. The third-order valence-corrected chi connectivity index (χ3v) is 9.99. The van der Waals surface area contributed by atoms with Crippen LogP contribution in [0.5, 0.6) is 0 Å². The Kier molecular flexibility index (Phi) is 9.18. The number of esters is 1. The molecule has 0 radical (unpaired) electrons. The van der Waals surface area contributed by atoms with Crippen LogP contribution < -0.4 is 5.32 Å². The molecule has 4 aromatic rings. The molecule has 2 aromatic heterocycles. The van der Waals surface area contributed by atoms with Gasteiger partial charge in [0.15, 0.2) is 0 Å². The normalized spacial score (nSPS) is 15.0. The van der Waals surface area contributed by atoms with Crippen molar-refractivity contribution in [3.8, 4) is 11.4 Å². The maximum atomic E-state index is 12.3. The Hall–Kier alpha value is -2.63. The van der Waals surface area contributed by atoms with Crippen LogP contribution in [0.25, 0.3) is 32.2 Å². The number of methoxy groups -OCH3 is 1. The summed E-state index contributed by atoms with van der Waals surface area (Å²) >= 11 is 0.121. The van der Waals surface area contributed by atoms with E-state index in [1.165, 1.54) is 94.0 Å². The molecule has 38 heavy (non-hydrogen) atoms. The molecule has 0 saturated heterocycles. The number of fused-ring (bicyclic) bond motifs is 2. The number of nitrogens with one attached hydrogen (secondary N) is 1. The number of imidazole rings is 1. The first kappa shape index (κ1) is 27.0. The van der Waals surface area contributed by atoms with Gasteiger partial charge in [-0.05, 0) is 0 Å². The number of carbonyl (C=O) groups is 1. The maximum absolute atomic E-state index is 12.3. The van der Waals surface area contributed by atoms with E-state index in [0.29, 0.717) is 11.6 Å². The first-order valence-corrected chi connectivity index (χ1v) is 16.1. The Labute approximate surface area is 231 Å². The van der Waals surface area contributed by atoms with Crippen molar-refractivity contribution < 1.29 is 9.53 Å². The zero-order valence-electron chi connectivity index (χ0n) is 22.8. The summed E-state index contributed by atoms with van der Waals surface area (Å²) in [7, 11) is 1.43. The molecule has 7 heteroatoms. The Morgan fingerprint density at radius 2 is 1.79 bits per heavy atom. The van der Waals surface area contributed by atoms with E-state index in [2.05, 4.69) is 41.1 Å². The van der Waals surface area contributed by atoms with E-state index < -0.39 is 0 Å². The van der Waals surface area contributed by atoms with Gasteiger partial charge >= 0.3 is 232 Å². The van der Waals surface area contributed by atoms with Crippen molar-refractivity contribution in [3.63, 3.8) is 0 Å². The van der Waals surface area contributed by atoms with Crippen molar-refractivity contribution in [2.45, 2.75) is 90.0 Å². The summed E-state index contributed by atoms with van der Waals surface area (Å²) in [5, 5.41) is 3.63. The van der Waals surface area contributed by atoms with E-state index in [9.17, 15) is 4.79 Å². The fourth-order valence-corrected chi connectivity index (χ4v) is 7.82. The average molecular weight is 580 g/mol. The molecule has 1 saturated carbocycles. The van der Waals surface area contributed by atoms with Crippen LogP contribution in [0, 0.1) is 0 Å². The summed E-state index contributed by atoms with van der Waals surface area (Å²) in [4.78, 5) is 22.4. The summed E-state index contributed by atoms with van der Waals surface area (Å²) in [5.41, 5.74) is 4.77. The number of benzene rings is 2. The van der Waals surface area contributed by atoms with Crippen LogP contribution in [-0.2, 0) is 4.74 Å².